The van der Waals surface area contributed by atoms with Gasteiger partial charge in [-0.3, -0.25) is 4.79 Å². The summed E-state index contributed by atoms with van der Waals surface area (Å²) in [5, 5.41) is 0. The maximum absolute atomic E-state index is 12.9. The molecule has 3 aromatic rings. The van der Waals surface area contributed by atoms with Crippen LogP contribution in [0, 0.1) is 6.92 Å². The third kappa shape index (κ3) is 2.68. The van der Waals surface area contributed by atoms with Crippen LogP contribution in [0.1, 0.15) is 40.2 Å². The number of nitrogens with zero attached hydrogens (tertiary/aromatic N) is 3. The number of carbonyl (C=O) groups excluding carboxylic acids is 1. The highest BCUT2D eigenvalue weighted by Gasteiger charge is 2.26. The number of aromatic nitrogens is 2. The summed E-state index contributed by atoms with van der Waals surface area (Å²) in [5.41, 5.74) is 4.28. The van der Waals surface area contributed by atoms with Gasteiger partial charge in [0.05, 0.1) is 5.56 Å². The fourth-order valence-corrected chi connectivity index (χ4v) is 3.69. The molecule has 0 N–H and O–H groups in total. The van der Waals surface area contributed by atoms with Gasteiger partial charge in [-0.15, -0.1) is 0 Å². The summed E-state index contributed by atoms with van der Waals surface area (Å²) >= 11 is 0. The maximum Gasteiger partial charge on any atom is 0.255 e. The standard InChI is InChI=1S/C20H21N3O/c1-15-5-2-3-7-18(15)16-6-4-11-23(13-16)20(24)17-8-9-19-21-10-12-22(19)14-17/h2-3,5,7-10,12,14,16H,4,6,11,13H2,1H3/t16-/m1/s1. The van der Waals surface area contributed by atoms with E-state index in [0.717, 1.165) is 37.1 Å². The van der Waals surface area contributed by atoms with Gasteiger partial charge in [0.15, 0.2) is 0 Å². The number of piperidine rings is 1. The SMILES string of the molecule is Cc1ccccc1[C@@H]1CCCN(C(=O)c2ccc3nccn3c2)C1. The van der Waals surface area contributed by atoms with E-state index >= 15 is 0 Å². The number of pyridine rings is 1. The monoisotopic (exact) mass is 319 g/mol. The highest BCUT2D eigenvalue weighted by Crippen LogP contribution is 2.29. The van der Waals surface area contributed by atoms with Crippen LogP contribution in [0.4, 0.5) is 0 Å². The summed E-state index contributed by atoms with van der Waals surface area (Å²) in [6.45, 7) is 3.79. The van der Waals surface area contributed by atoms with Gasteiger partial charge in [-0.05, 0) is 43.0 Å². The Kier molecular flexibility index (Phi) is 3.81. The summed E-state index contributed by atoms with van der Waals surface area (Å²) < 4.78 is 1.90. The fourth-order valence-electron chi connectivity index (χ4n) is 3.69. The second kappa shape index (κ2) is 6.11. The van der Waals surface area contributed by atoms with E-state index in [-0.39, 0.29) is 5.91 Å². The van der Waals surface area contributed by atoms with E-state index in [9.17, 15) is 4.79 Å². The lowest BCUT2D eigenvalue weighted by Crippen LogP contribution is -2.39. The summed E-state index contributed by atoms with van der Waals surface area (Å²) in [6.07, 6.45) is 7.70. The van der Waals surface area contributed by atoms with Crippen molar-refractivity contribution >= 4 is 11.6 Å². The summed E-state index contributed by atoms with van der Waals surface area (Å²) in [6, 6.07) is 12.3. The molecule has 0 saturated carbocycles. The molecule has 2 aromatic heterocycles. The Labute approximate surface area is 141 Å². The fraction of sp³-hybridized carbons (Fsp3) is 0.300. The molecule has 1 aliphatic heterocycles. The molecule has 1 aromatic carbocycles. The number of amides is 1. The van der Waals surface area contributed by atoms with Crippen LogP contribution in [0.15, 0.2) is 55.0 Å². The van der Waals surface area contributed by atoms with Crippen molar-refractivity contribution in [1.29, 1.82) is 0 Å². The van der Waals surface area contributed by atoms with Crippen molar-refractivity contribution in [3.63, 3.8) is 0 Å². The zero-order valence-corrected chi connectivity index (χ0v) is 13.9. The van der Waals surface area contributed by atoms with E-state index in [1.54, 1.807) is 6.20 Å². The molecule has 0 bridgehead atoms. The first-order valence-corrected chi connectivity index (χ1v) is 8.50. The normalized spacial score (nSPS) is 18.0. The quantitative estimate of drug-likeness (QED) is 0.723. The molecule has 0 aliphatic carbocycles. The smallest absolute Gasteiger partial charge is 0.255 e. The third-order valence-electron chi connectivity index (χ3n) is 4.97. The Morgan fingerprint density at radius 2 is 2.08 bits per heavy atom. The summed E-state index contributed by atoms with van der Waals surface area (Å²) in [7, 11) is 0. The molecule has 1 aliphatic rings. The molecule has 0 radical (unpaired) electrons. The van der Waals surface area contributed by atoms with Crippen LogP contribution in [0.2, 0.25) is 0 Å². The Morgan fingerprint density at radius 1 is 1.21 bits per heavy atom. The minimum atomic E-state index is 0.115. The minimum Gasteiger partial charge on any atom is -0.338 e. The average molecular weight is 319 g/mol. The highest BCUT2D eigenvalue weighted by molar-refractivity contribution is 5.94. The van der Waals surface area contributed by atoms with E-state index in [1.165, 1.54) is 11.1 Å². The van der Waals surface area contributed by atoms with Crippen LogP contribution >= 0.6 is 0 Å². The van der Waals surface area contributed by atoms with Crippen LogP contribution < -0.4 is 0 Å². The highest BCUT2D eigenvalue weighted by atomic mass is 16.2. The van der Waals surface area contributed by atoms with Crippen molar-refractivity contribution in [2.45, 2.75) is 25.7 Å². The van der Waals surface area contributed by atoms with Crippen LogP contribution in [-0.2, 0) is 0 Å². The number of carbonyl (C=O) groups is 1. The zero-order valence-electron chi connectivity index (χ0n) is 13.9. The second-order valence-electron chi connectivity index (χ2n) is 6.56. The number of imidazole rings is 1. The Bertz CT molecular complexity index is 883. The molecule has 4 heteroatoms. The number of rotatable bonds is 2. The number of aryl methyl sites for hydroxylation is 1. The van der Waals surface area contributed by atoms with E-state index in [0.29, 0.717) is 5.92 Å². The third-order valence-corrected chi connectivity index (χ3v) is 4.97. The molecule has 24 heavy (non-hydrogen) atoms. The predicted molar refractivity (Wildman–Crippen MR) is 94.2 cm³/mol. The first-order chi connectivity index (χ1) is 11.7. The van der Waals surface area contributed by atoms with Crippen molar-refractivity contribution in [2.75, 3.05) is 13.1 Å². The molecule has 0 unspecified atom stereocenters. The minimum absolute atomic E-state index is 0.115. The van der Waals surface area contributed by atoms with Crippen LogP contribution in [0.25, 0.3) is 5.65 Å². The van der Waals surface area contributed by atoms with Gasteiger partial charge in [-0.25, -0.2) is 4.98 Å². The van der Waals surface area contributed by atoms with Crippen molar-refractivity contribution in [3.8, 4) is 0 Å². The van der Waals surface area contributed by atoms with Gasteiger partial charge in [-0.1, -0.05) is 24.3 Å². The number of hydrogen-bond donors (Lipinski definition) is 0. The van der Waals surface area contributed by atoms with Crippen molar-refractivity contribution in [1.82, 2.24) is 14.3 Å². The Balaban J connectivity index is 1.57. The van der Waals surface area contributed by atoms with Gasteiger partial charge >= 0.3 is 0 Å². The van der Waals surface area contributed by atoms with Crippen LogP contribution in [-0.4, -0.2) is 33.3 Å². The maximum atomic E-state index is 12.9. The molecule has 3 heterocycles. The largest absolute Gasteiger partial charge is 0.338 e. The Hall–Kier alpha value is -2.62. The number of fused-ring (bicyclic) bond motifs is 1. The van der Waals surface area contributed by atoms with E-state index < -0.39 is 0 Å². The molecule has 1 saturated heterocycles. The first-order valence-electron chi connectivity index (χ1n) is 8.50. The van der Waals surface area contributed by atoms with Gasteiger partial charge in [-0.2, -0.15) is 0 Å². The van der Waals surface area contributed by atoms with Crippen molar-refractivity contribution in [2.24, 2.45) is 0 Å². The van der Waals surface area contributed by atoms with Crippen LogP contribution in [0.3, 0.4) is 0 Å². The second-order valence-corrected chi connectivity index (χ2v) is 6.56. The predicted octanol–water partition coefficient (Wildman–Crippen LogP) is 3.66. The van der Waals surface area contributed by atoms with E-state index in [4.69, 9.17) is 0 Å². The number of likely N-dealkylation sites (tertiary alicyclic amines) is 1. The molecule has 1 atom stereocenters. The van der Waals surface area contributed by atoms with E-state index in [1.807, 2.05) is 33.8 Å². The molecule has 1 fully saturated rings. The molecule has 4 rings (SSSR count). The molecule has 122 valence electrons. The number of benzene rings is 1. The number of hydrogen-bond acceptors (Lipinski definition) is 2. The van der Waals surface area contributed by atoms with Gasteiger partial charge in [0.2, 0.25) is 0 Å². The van der Waals surface area contributed by atoms with Gasteiger partial charge in [0, 0.05) is 37.6 Å². The summed E-state index contributed by atoms with van der Waals surface area (Å²) in [5.74, 6) is 0.546. The molecular formula is C20H21N3O. The van der Waals surface area contributed by atoms with Gasteiger partial charge in [0.25, 0.3) is 5.91 Å². The lowest BCUT2D eigenvalue weighted by Gasteiger charge is -2.33. The first kappa shape index (κ1) is 14.9. The zero-order chi connectivity index (χ0) is 16.5. The lowest BCUT2D eigenvalue weighted by molar-refractivity contribution is 0.0706. The van der Waals surface area contributed by atoms with Crippen molar-refractivity contribution < 1.29 is 4.79 Å². The molecule has 0 spiro atoms. The Morgan fingerprint density at radius 3 is 2.96 bits per heavy atom. The van der Waals surface area contributed by atoms with Gasteiger partial charge in [0.1, 0.15) is 5.65 Å². The summed E-state index contributed by atoms with van der Waals surface area (Å²) in [4.78, 5) is 19.1. The van der Waals surface area contributed by atoms with Gasteiger partial charge < -0.3 is 9.30 Å². The molecule has 1 amide bonds. The molecular weight excluding hydrogens is 298 g/mol. The lowest BCUT2D eigenvalue weighted by atomic mass is 9.88. The average Bonchev–Trinajstić information content (AvgIpc) is 3.09. The molecule has 4 nitrogen and oxygen atoms in total. The topological polar surface area (TPSA) is 37.6 Å². The van der Waals surface area contributed by atoms with Crippen molar-refractivity contribution in [3.05, 3.63) is 71.7 Å². The van der Waals surface area contributed by atoms with Crippen LogP contribution in [0.5, 0.6) is 0 Å². The van der Waals surface area contributed by atoms with E-state index in [2.05, 4.69) is 36.2 Å².